The molecule has 6 aliphatic rings. The summed E-state index contributed by atoms with van der Waals surface area (Å²) in [6.45, 7) is 41.8. The summed E-state index contributed by atoms with van der Waals surface area (Å²) in [5.41, 5.74) is -49.8. The minimum atomic E-state index is -12.1. The second-order valence-corrected chi connectivity index (χ2v) is 33.5. The Hall–Kier alpha value is -15.2. The molecule has 1 aromatic heterocycles. The van der Waals surface area contributed by atoms with Gasteiger partial charge in [0.05, 0.1) is 87.3 Å². The SMILES string of the molecule is [C-]#[N+]/C(=C1/Cc2c(S(F)(F)(F)(F)F)c3c(c(S(F)(F)(F)(F)F)c2=C1F)C/C(=C(/C#N)c1c(F)c(F)c(C#N)c(F)c1F)C=3F)c1c(F)c(F)c([N+]#[C-])c(F)c1F.[C-]#[N+]/C(=C1/Cc2c(SC(F)(F)F)c3c(c(SC(F)(F)F)c2=C1F)C/C(=C(/C#N)c1c(F)c(F)c(C#N)c(F)c1F)C=3F)c1c(F)c(F)c([N+]#[C-])c(F)c1F.[C-]#[N+]C([N+]#[C-])=C1C=c2nc3c(nc2C1)=CC(=C(C#N)C#N)C3. The molecule has 0 saturated carbocycles. The van der Waals surface area contributed by atoms with Crippen LogP contribution in [0.5, 0.6) is 0 Å². The van der Waals surface area contributed by atoms with E-state index < -0.39 is 349 Å². The number of benzene rings is 6. The van der Waals surface area contributed by atoms with E-state index in [1.165, 1.54) is 0 Å². The smallest absolute Gasteiger partial charge is 0.249 e. The molecule has 132 heavy (non-hydrogen) atoms. The van der Waals surface area contributed by atoms with Crippen molar-refractivity contribution in [1.82, 2.24) is 9.97 Å². The first-order valence-electron chi connectivity index (χ1n) is 33.5. The molecule has 0 radical (unpaired) electrons. The number of aromatic nitrogens is 2. The van der Waals surface area contributed by atoms with Crippen molar-refractivity contribution in [2.45, 2.75) is 69.1 Å². The lowest BCUT2D eigenvalue weighted by Crippen LogP contribution is -2.34. The Morgan fingerprint density at radius 2 is 0.621 bits per heavy atom. The van der Waals surface area contributed by atoms with Crippen molar-refractivity contribution < 1.29 is 153 Å². The molecule has 0 spiro atoms. The van der Waals surface area contributed by atoms with Crippen LogP contribution in [0.25, 0.3) is 87.1 Å². The van der Waals surface area contributed by atoms with Crippen LogP contribution in [0.1, 0.15) is 67.0 Å². The molecular weight excluding hydrogens is 1950 g/mol. The number of nitrogens with zero attached hydrogens (tertiary/aromatic N) is 14. The van der Waals surface area contributed by atoms with Gasteiger partial charge in [-0.3, -0.25) is 0 Å². The minimum Gasteiger partial charge on any atom is -0.249 e. The number of hydrogen-bond donors (Lipinski definition) is 0. The van der Waals surface area contributed by atoms with Crippen LogP contribution < -0.4 is 31.6 Å². The zero-order chi connectivity index (χ0) is 99.1. The third kappa shape index (κ3) is 16.2. The molecule has 13 rings (SSSR count). The number of nitriles is 6. The van der Waals surface area contributed by atoms with Gasteiger partial charge in [0.25, 0.3) is 11.4 Å². The number of hydrogen-bond acceptors (Lipinski definition) is 10. The van der Waals surface area contributed by atoms with Crippen LogP contribution >= 0.6 is 44.0 Å². The maximum absolute atomic E-state index is 16.4. The summed E-state index contributed by atoms with van der Waals surface area (Å²) in [4.78, 5) is 13.3. The zero-order valence-electron chi connectivity index (χ0n) is 61.9. The lowest BCUT2D eigenvalue weighted by molar-refractivity contribution is -0.0339. The molecule has 6 aliphatic carbocycles. The van der Waals surface area contributed by atoms with E-state index in [0.717, 1.165) is 12.1 Å². The van der Waals surface area contributed by atoms with Crippen LogP contribution in [-0.2, 0) is 38.5 Å². The molecule has 14 nitrogen and oxygen atoms in total. The molecule has 54 heteroatoms. The monoisotopic (exact) mass is 1960 g/mol. The summed E-state index contributed by atoms with van der Waals surface area (Å²) >= 11 is -2.66. The largest absolute Gasteiger partial charge is 0.523 e. The van der Waals surface area contributed by atoms with Gasteiger partial charge in [0.2, 0.25) is 11.4 Å². The van der Waals surface area contributed by atoms with Gasteiger partial charge in [0.1, 0.15) is 123 Å². The molecule has 0 unspecified atom stereocenters. The van der Waals surface area contributed by atoms with Crippen molar-refractivity contribution >= 4 is 113 Å². The highest BCUT2D eigenvalue weighted by atomic mass is 32.5. The van der Waals surface area contributed by atoms with Crippen molar-refractivity contribution in [3.63, 3.8) is 0 Å². The van der Waals surface area contributed by atoms with Crippen LogP contribution in [-0.4, -0.2) is 21.0 Å². The fourth-order valence-corrected chi connectivity index (χ4v) is 18.4. The number of alkyl halides is 6. The Morgan fingerprint density at radius 3 is 0.909 bits per heavy atom. The van der Waals surface area contributed by atoms with E-state index in [1.807, 2.05) is 12.1 Å². The molecule has 0 amide bonds. The fraction of sp³-hybridized carbons (Fsp3) is 0.103. The van der Waals surface area contributed by atoms with Crippen LogP contribution in [0.4, 0.5) is 164 Å². The van der Waals surface area contributed by atoms with Crippen molar-refractivity contribution in [3.8, 4) is 36.4 Å². The van der Waals surface area contributed by atoms with E-state index in [2.05, 4.69) is 39.0 Å². The predicted molar refractivity (Wildman–Crippen MR) is 386 cm³/mol. The average molecular weight is 1960 g/mol. The highest BCUT2D eigenvalue weighted by molar-refractivity contribution is 8.46. The van der Waals surface area contributed by atoms with Crippen molar-refractivity contribution in [1.29, 1.82) is 31.6 Å². The number of thioether (sulfide) groups is 2. The van der Waals surface area contributed by atoms with E-state index >= 15 is 17.6 Å². The number of halogens is 36. The Bertz CT molecular complexity index is 7350. The van der Waals surface area contributed by atoms with Gasteiger partial charge in [0.15, 0.2) is 69.8 Å². The fourth-order valence-electron chi connectivity index (χ4n) is 14.2. The van der Waals surface area contributed by atoms with Gasteiger partial charge in [-0.05, 0) is 87.5 Å². The molecule has 0 N–H and O–H groups in total. The van der Waals surface area contributed by atoms with Crippen molar-refractivity contribution in [2.24, 2.45) is 0 Å². The standard InChI is InChI=1S/C32H4F16N4S2.C30H4F20N4S2.C16H6N6/c1-51-27(16-23(39)25(41)28(52-2)26(42)24(16)40)10-4-9-15(18(10)34)29(53-31(43,44)45)8-3-7(17(33)14(8)30(9)54-32(46,47)48)11(5-49)13-21(37)19(35)12(6-50)20(36)22(13)38;1-53-27(16-23(37)25(39)28(54-2)26(40)24(16)38)10-4-9-15(18(10)32)29(55(41,42,43,44)45)8-3-7(17(31)14(8)30(9)56(46,47,48,49)50)11(5-51)13-21(35)19(33)12(6-52)20(34)22(13)36;1-19-16(20-2)10-5-14-15(6-10)22-13-4-9(3-12(13)21-14)11(7-17)8-18/h3-4H2;3-4H2;3,6H,4-5H2/b2*11-7+,27-10-;. The lowest BCUT2D eigenvalue weighted by atomic mass is 9.96. The second kappa shape index (κ2) is 31.9. The van der Waals surface area contributed by atoms with E-state index in [9.17, 15) is 146 Å². The third-order valence-corrected chi connectivity index (χ3v) is 23.5. The summed E-state index contributed by atoms with van der Waals surface area (Å²) in [6.07, 6.45) is -4.34. The molecule has 0 aliphatic heterocycles. The average Bonchev–Trinajstić information content (AvgIpc) is 1.60. The van der Waals surface area contributed by atoms with Gasteiger partial charge in [-0.2, -0.15) is 67.6 Å². The van der Waals surface area contributed by atoms with E-state index in [0.29, 0.717) is 58.2 Å². The predicted octanol–water partition coefficient (Wildman–Crippen LogP) is 22.7. The summed E-state index contributed by atoms with van der Waals surface area (Å²) < 4.78 is 532. The van der Waals surface area contributed by atoms with Crippen LogP contribution in [0.2, 0.25) is 0 Å². The summed E-state index contributed by atoms with van der Waals surface area (Å²) in [5, 5.41) is 46.3. The third-order valence-electron chi connectivity index (χ3n) is 19.3. The number of allylic oxidation sites excluding steroid dienone is 9. The molecule has 0 saturated heterocycles. The quantitative estimate of drug-likeness (QED) is 0.0464. The maximum Gasteiger partial charge on any atom is 0.523 e. The van der Waals surface area contributed by atoms with Crippen molar-refractivity contribution in [3.05, 3.63) is 305 Å². The van der Waals surface area contributed by atoms with Crippen LogP contribution in [0.15, 0.2) is 64.4 Å². The topological polar surface area (TPSA) is 195 Å². The highest BCUT2D eigenvalue weighted by Crippen LogP contribution is 3.04. The van der Waals surface area contributed by atoms with E-state index in [4.69, 9.17) is 60.5 Å². The molecule has 0 bridgehead atoms. The first kappa shape index (κ1) is 97.4. The van der Waals surface area contributed by atoms with Gasteiger partial charge < -0.3 is 0 Å². The minimum absolute atomic E-state index is 0.0424. The molecule has 7 aromatic rings. The Labute approximate surface area is 715 Å². The van der Waals surface area contributed by atoms with Crippen LogP contribution in [0.3, 0.4) is 0 Å². The molecule has 1 heterocycles. The van der Waals surface area contributed by atoms with Gasteiger partial charge >= 0.3 is 37.3 Å². The summed E-state index contributed by atoms with van der Waals surface area (Å²) in [5.74, 6) is -52.7. The molecule has 0 atom stereocenters. The van der Waals surface area contributed by atoms with Gasteiger partial charge in [0, 0.05) is 67.5 Å². The zero-order valence-corrected chi connectivity index (χ0v) is 65.2. The molecule has 672 valence electrons. The maximum atomic E-state index is 16.4. The van der Waals surface area contributed by atoms with E-state index in [1.54, 1.807) is 12.2 Å². The molecule has 6 aromatic carbocycles. The Kier molecular flexibility index (Phi) is 23.5. The lowest BCUT2D eigenvalue weighted by Gasteiger charge is -2.45. The molecular formula is C78H14F36N14S4. The summed E-state index contributed by atoms with van der Waals surface area (Å²) in [7, 11) is -24.2. The Morgan fingerprint density at radius 1 is 0.341 bits per heavy atom. The summed E-state index contributed by atoms with van der Waals surface area (Å²) in [6, 6.07) is 6.61. The van der Waals surface area contributed by atoms with Crippen LogP contribution in [0, 0.1) is 200 Å². The Balaban J connectivity index is 0.000000207. The first-order valence-corrected chi connectivity index (χ1v) is 39.0. The normalized spacial score (nSPS) is 16.5. The number of rotatable bonds is 8. The van der Waals surface area contributed by atoms with Gasteiger partial charge in [-0.15, -0.1) is 0 Å². The number of fused-ring (bicyclic) bond motifs is 6. The molecule has 0 fully saturated rings. The highest BCUT2D eigenvalue weighted by Gasteiger charge is 2.73. The first-order chi connectivity index (χ1) is 60.8. The second-order valence-electron chi connectivity index (χ2n) is 26.7. The van der Waals surface area contributed by atoms with Gasteiger partial charge in [-0.25, -0.2) is 117 Å². The van der Waals surface area contributed by atoms with E-state index in [-0.39, 0.29) is 11.4 Å². The van der Waals surface area contributed by atoms with Gasteiger partial charge in [-0.1, -0.05) is 38.9 Å². The van der Waals surface area contributed by atoms with Crippen molar-refractivity contribution in [2.75, 3.05) is 0 Å².